The van der Waals surface area contributed by atoms with Crippen molar-refractivity contribution in [3.63, 3.8) is 0 Å². The number of aromatic hydroxyl groups is 1. The lowest BCUT2D eigenvalue weighted by Crippen LogP contribution is -1.87. The first kappa shape index (κ1) is 14.7. The van der Waals surface area contributed by atoms with E-state index in [1.807, 2.05) is 12.1 Å². The van der Waals surface area contributed by atoms with Gasteiger partial charge in [0.25, 0.3) is 0 Å². The fourth-order valence-electron chi connectivity index (χ4n) is 2.33. The van der Waals surface area contributed by atoms with Crippen molar-refractivity contribution in [1.29, 1.82) is 0 Å². The van der Waals surface area contributed by atoms with Crippen LogP contribution in [0.1, 0.15) is 5.56 Å². The van der Waals surface area contributed by atoms with Crippen molar-refractivity contribution in [3.8, 4) is 22.8 Å². The lowest BCUT2D eigenvalue weighted by molar-refractivity contribution is -0.131. The molecular formula is C18H14O5. The second kappa shape index (κ2) is 5.88. The lowest BCUT2D eigenvalue weighted by Gasteiger charge is -2.02. The molecule has 0 saturated heterocycles. The van der Waals surface area contributed by atoms with E-state index in [0.717, 1.165) is 17.0 Å². The van der Waals surface area contributed by atoms with Gasteiger partial charge in [0, 0.05) is 17.0 Å². The Morgan fingerprint density at radius 2 is 1.91 bits per heavy atom. The Morgan fingerprint density at radius 3 is 2.57 bits per heavy atom. The van der Waals surface area contributed by atoms with Gasteiger partial charge >= 0.3 is 5.97 Å². The van der Waals surface area contributed by atoms with E-state index in [1.54, 1.807) is 30.3 Å². The van der Waals surface area contributed by atoms with Gasteiger partial charge in [-0.2, -0.15) is 0 Å². The molecule has 0 saturated carbocycles. The van der Waals surface area contributed by atoms with E-state index in [1.165, 1.54) is 13.2 Å². The highest BCUT2D eigenvalue weighted by Gasteiger charge is 2.12. The second-order valence-corrected chi connectivity index (χ2v) is 4.97. The summed E-state index contributed by atoms with van der Waals surface area (Å²) in [5.74, 6) is 0.333. The molecule has 1 aromatic heterocycles. The van der Waals surface area contributed by atoms with E-state index in [2.05, 4.69) is 0 Å². The van der Waals surface area contributed by atoms with Crippen molar-refractivity contribution in [1.82, 2.24) is 0 Å². The van der Waals surface area contributed by atoms with Gasteiger partial charge in [-0.3, -0.25) is 0 Å². The number of aliphatic carboxylic acids is 1. The summed E-state index contributed by atoms with van der Waals surface area (Å²) in [6.45, 7) is 0. The zero-order chi connectivity index (χ0) is 16.4. The number of fused-ring (bicyclic) bond motifs is 1. The Bertz CT molecular complexity index is 888. The second-order valence-electron chi connectivity index (χ2n) is 4.97. The van der Waals surface area contributed by atoms with E-state index in [-0.39, 0.29) is 5.75 Å². The predicted molar refractivity (Wildman–Crippen MR) is 86.5 cm³/mol. The van der Waals surface area contributed by atoms with Crippen LogP contribution in [0.3, 0.4) is 0 Å². The quantitative estimate of drug-likeness (QED) is 0.714. The zero-order valence-corrected chi connectivity index (χ0v) is 12.3. The molecule has 3 rings (SSSR count). The highest BCUT2D eigenvalue weighted by Crippen LogP contribution is 2.35. The van der Waals surface area contributed by atoms with Gasteiger partial charge in [0.15, 0.2) is 11.3 Å². The molecule has 0 bridgehead atoms. The van der Waals surface area contributed by atoms with Crippen LogP contribution in [0.25, 0.3) is 28.4 Å². The summed E-state index contributed by atoms with van der Waals surface area (Å²) in [6, 6.07) is 12.1. The molecule has 0 atom stereocenters. The molecule has 0 radical (unpaired) electrons. The molecule has 3 aromatic rings. The molecule has 0 fully saturated rings. The first-order valence-electron chi connectivity index (χ1n) is 6.89. The largest absolute Gasteiger partial charge is 0.508 e. The fourth-order valence-corrected chi connectivity index (χ4v) is 2.33. The van der Waals surface area contributed by atoms with Crippen LogP contribution < -0.4 is 4.74 Å². The third kappa shape index (κ3) is 3.03. The molecule has 0 amide bonds. The topological polar surface area (TPSA) is 79.9 Å². The van der Waals surface area contributed by atoms with Gasteiger partial charge in [-0.1, -0.05) is 0 Å². The van der Waals surface area contributed by atoms with Crippen LogP contribution in [0.15, 0.2) is 53.0 Å². The van der Waals surface area contributed by atoms with Gasteiger partial charge < -0.3 is 19.4 Å². The van der Waals surface area contributed by atoms with E-state index >= 15 is 0 Å². The summed E-state index contributed by atoms with van der Waals surface area (Å²) in [7, 11) is 1.53. The normalized spacial score (nSPS) is 11.2. The van der Waals surface area contributed by atoms with Crippen LogP contribution in [0.4, 0.5) is 0 Å². The van der Waals surface area contributed by atoms with Crippen LogP contribution in [-0.4, -0.2) is 23.3 Å². The minimum Gasteiger partial charge on any atom is -0.508 e. The molecule has 0 aliphatic heterocycles. The van der Waals surface area contributed by atoms with Gasteiger partial charge in [-0.25, -0.2) is 4.79 Å². The number of rotatable bonds is 4. The summed E-state index contributed by atoms with van der Waals surface area (Å²) in [6.07, 6.45) is 2.57. The molecular weight excluding hydrogens is 296 g/mol. The molecule has 1 heterocycles. The molecule has 2 aromatic carbocycles. The van der Waals surface area contributed by atoms with Gasteiger partial charge in [-0.05, 0) is 54.1 Å². The number of phenols is 1. The molecule has 0 spiro atoms. The van der Waals surface area contributed by atoms with Crippen molar-refractivity contribution < 1.29 is 24.2 Å². The number of benzene rings is 2. The molecule has 0 aliphatic carbocycles. The van der Waals surface area contributed by atoms with Crippen LogP contribution in [-0.2, 0) is 4.79 Å². The van der Waals surface area contributed by atoms with E-state index in [4.69, 9.17) is 14.3 Å². The molecule has 5 nitrogen and oxygen atoms in total. The van der Waals surface area contributed by atoms with Gasteiger partial charge in [-0.15, -0.1) is 0 Å². The maximum atomic E-state index is 10.7. The summed E-state index contributed by atoms with van der Waals surface area (Å²) >= 11 is 0. The molecule has 23 heavy (non-hydrogen) atoms. The van der Waals surface area contributed by atoms with Crippen LogP contribution in [0.5, 0.6) is 11.5 Å². The minimum absolute atomic E-state index is 0.184. The van der Waals surface area contributed by atoms with Crippen LogP contribution in [0.2, 0.25) is 0 Å². The highest BCUT2D eigenvalue weighted by molar-refractivity contribution is 5.91. The first-order valence-corrected chi connectivity index (χ1v) is 6.89. The number of carboxylic acid groups (broad SMARTS) is 1. The van der Waals surface area contributed by atoms with Crippen molar-refractivity contribution in [2.45, 2.75) is 0 Å². The summed E-state index contributed by atoms with van der Waals surface area (Å²) in [5.41, 5.74) is 2.11. The summed E-state index contributed by atoms with van der Waals surface area (Å²) < 4.78 is 11.2. The van der Waals surface area contributed by atoms with Crippen molar-refractivity contribution >= 4 is 23.0 Å². The number of carboxylic acids is 1. The van der Waals surface area contributed by atoms with Gasteiger partial charge in [0.1, 0.15) is 11.5 Å². The average Bonchev–Trinajstić information content (AvgIpc) is 2.96. The molecule has 5 heteroatoms. The number of methoxy groups -OCH3 is 1. The third-order valence-corrected chi connectivity index (χ3v) is 3.39. The van der Waals surface area contributed by atoms with E-state index < -0.39 is 5.97 Å². The smallest absolute Gasteiger partial charge is 0.328 e. The Hall–Kier alpha value is -3.21. The number of carbonyl (C=O) groups is 1. The maximum absolute atomic E-state index is 10.7. The van der Waals surface area contributed by atoms with Gasteiger partial charge in [0.05, 0.1) is 7.11 Å². The maximum Gasteiger partial charge on any atom is 0.328 e. The lowest BCUT2D eigenvalue weighted by atomic mass is 10.1. The predicted octanol–water partition coefficient (Wildman–Crippen LogP) is 3.91. The Balaban J connectivity index is 2.10. The number of furan rings is 1. The molecule has 2 N–H and O–H groups in total. The SMILES string of the molecule is COc1cc(/C=C/C(=O)O)cc2cc(-c3ccc(O)cc3)oc12. The van der Waals surface area contributed by atoms with Crippen molar-refractivity contribution in [2.24, 2.45) is 0 Å². The van der Waals surface area contributed by atoms with Crippen molar-refractivity contribution in [3.05, 3.63) is 54.1 Å². The Kier molecular flexibility index (Phi) is 3.76. The summed E-state index contributed by atoms with van der Waals surface area (Å²) in [5, 5.41) is 18.9. The van der Waals surface area contributed by atoms with Crippen LogP contribution >= 0.6 is 0 Å². The average molecular weight is 310 g/mol. The number of hydrogen-bond acceptors (Lipinski definition) is 4. The first-order chi connectivity index (χ1) is 11.1. The minimum atomic E-state index is -1.01. The molecule has 0 unspecified atom stereocenters. The highest BCUT2D eigenvalue weighted by atomic mass is 16.5. The Labute approximate surface area is 132 Å². The standard InChI is InChI=1S/C18H14O5/c1-22-16-9-11(2-7-17(20)21)8-13-10-15(23-18(13)16)12-3-5-14(19)6-4-12/h2-10,19H,1H3,(H,20,21)/b7-2+. The zero-order valence-electron chi connectivity index (χ0n) is 12.3. The van der Waals surface area contributed by atoms with Gasteiger partial charge in [0.2, 0.25) is 0 Å². The summed E-state index contributed by atoms with van der Waals surface area (Å²) in [4.78, 5) is 10.7. The molecule has 116 valence electrons. The van der Waals surface area contributed by atoms with Crippen LogP contribution in [0, 0.1) is 0 Å². The number of hydrogen-bond donors (Lipinski definition) is 2. The van der Waals surface area contributed by atoms with Crippen molar-refractivity contribution in [2.75, 3.05) is 7.11 Å². The number of phenolic OH excluding ortho intramolecular Hbond substituents is 1. The Morgan fingerprint density at radius 1 is 1.17 bits per heavy atom. The number of ether oxygens (including phenoxy) is 1. The fraction of sp³-hybridized carbons (Fsp3) is 0.0556. The third-order valence-electron chi connectivity index (χ3n) is 3.39. The monoisotopic (exact) mass is 310 g/mol. The van der Waals surface area contributed by atoms with E-state index in [9.17, 15) is 9.90 Å². The van der Waals surface area contributed by atoms with E-state index in [0.29, 0.717) is 22.7 Å². The molecule has 0 aliphatic rings.